The van der Waals surface area contributed by atoms with Crippen LogP contribution in [0.15, 0.2) is 18.2 Å². The molecule has 0 spiro atoms. The standard InChI is InChI=1S/C15H23FN2/c1-11-7-8-13(14(16)9-11)15(18-17)10-12-5-3-2-4-6-12/h7-9,12,15,18H,2-6,10,17H2,1H3. The molecular weight excluding hydrogens is 227 g/mol. The van der Waals surface area contributed by atoms with Gasteiger partial charge < -0.3 is 0 Å². The van der Waals surface area contributed by atoms with E-state index in [0.29, 0.717) is 11.5 Å². The van der Waals surface area contributed by atoms with Gasteiger partial charge in [0.05, 0.1) is 0 Å². The summed E-state index contributed by atoms with van der Waals surface area (Å²) in [6.07, 6.45) is 7.40. The Bertz CT molecular complexity index is 386. The molecule has 18 heavy (non-hydrogen) atoms. The fourth-order valence-corrected chi connectivity index (χ4v) is 2.96. The third-order valence-electron chi connectivity index (χ3n) is 4.03. The van der Waals surface area contributed by atoms with Crippen LogP contribution in [0.1, 0.15) is 55.7 Å². The number of benzene rings is 1. The Hall–Kier alpha value is -0.930. The lowest BCUT2D eigenvalue weighted by molar-refractivity contribution is 0.298. The van der Waals surface area contributed by atoms with Crippen LogP contribution >= 0.6 is 0 Å². The lowest BCUT2D eigenvalue weighted by Crippen LogP contribution is -2.30. The summed E-state index contributed by atoms with van der Waals surface area (Å²) in [5.74, 6) is 6.15. The van der Waals surface area contributed by atoms with Crippen LogP contribution in [0.2, 0.25) is 0 Å². The summed E-state index contributed by atoms with van der Waals surface area (Å²) in [6, 6.07) is 5.33. The summed E-state index contributed by atoms with van der Waals surface area (Å²) in [7, 11) is 0. The number of halogens is 1. The Morgan fingerprint density at radius 1 is 1.33 bits per heavy atom. The molecule has 2 rings (SSSR count). The largest absolute Gasteiger partial charge is 0.271 e. The number of aryl methyl sites for hydroxylation is 1. The summed E-state index contributed by atoms with van der Waals surface area (Å²) in [5, 5.41) is 0. The molecule has 100 valence electrons. The minimum absolute atomic E-state index is 0.0614. The first kappa shape index (κ1) is 13.5. The van der Waals surface area contributed by atoms with Crippen LogP contribution in [-0.2, 0) is 0 Å². The van der Waals surface area contributed by atoms with Crippen molar-refractivity contribution in [2.45, 2.75) is 51.5 Å². The highest BCUT2D eigenvalue weighted by molar-refractivity contribution is 5.26. The van der Waals surface area contributed by atoms with E-state index < -0.39 is 0 Å². The number of rotatable bonds is 4. The second-order valence-electron chi connectivity index (χ2n) is 5.48. The Balaban J connectivity index is 2.07. The maximum absolute atomic E-state index is 13.9. The molecule has 0 heterocycles. The molecule has 1 atom stereocenters. The van der Waals surface area contributed by atoms with Crippen LogP contribution in [-0.4, -0.2) is 0 Å². The normalized spacial score (nSPS) is 18.8. The fourth-order valence-electron chi connectivity index (χ4n) is 2.96. The van der Waals surface area contributed by atoms with Gasteiger partial charge in [0.15, 0.2) is 0 Å². The first-order chi connectivity index (χ1) is 8.70. The molecule has 1 unspecified atom stereocenters. The second kappa shape index (κ2) is 6.30. The van der Waals surface area contributed by atoms with E-state index in [0.717, 1.165) is 12.0 Å². The van der Waals surface area contributed by atoms with Crippen molar-refractivity contribution in [3.63, 3.8) is 0 Å². The molecule has 0 saturated heterocycles. The summed E-state index contributed by atoms with van der Waals surface area (Å²) >= 11 is 0. The average molecular weight is 250 g/mol. The Labute approximate surface area is 109 Å². The van der Waals surface area contributed by atoms with Gasteiger partial charge in [-0.15, -0.1) is 0 Å². The number of nitrogens with two attached hydrogens (primary N) is 1. The van der Waals surface area contributed by atoms with Gasteiger partial charge in [0.2, 0.25) is 0 Å². The van der Waals surface area contributed by atoms with Gasteiger partial charge in [0.1, 0.15) is 5.82 Å². The predicted octanol–water partition coefficient (Wildman–Crippen LogP) is 3.61. The van der Waals surface area contributed by atoms with Crippen molar-refractivity contribution >= 4 is 0 Å². The maximum atomic E-state index is 13.9. The van der Waals surface area contributed by atoms with E-state index in [4.69, 9.17) is 5.84 Å². The predicted molar refractivity (Wildman–Crippen MR) is 72.4 cm³/mol. The first-order valence-electron chi connectivity index (χ1n) is 6.93. The zero-order valence-corrected chi connectivity index (χ0v) is 11.1. The smallest absolute Gasteiger partial charge is 0.128 e. The van der Waals surface area contributed by atoms with Crippen molar-refractivity contribution in [1.82, 2.24) is 5.43 Å². The second-order valence-corrected chi connectivity index (χ2v) is 5.48. The van der Waals surface area contributed by atoms with Crippen molar-refractivity contribution in [2.24, 2.45) is 11.8 Å². The fraction of sp³-hybridized carbons (Fsp3) is 0.600. The highest BCUT2D eigenvalue weighted by Gasteiger charge is 2.21. The van der Waals surface area contributed by atoms with Gasteiger partial charge in [-0.2, -0.15) is 0 Å². The van der Waals surface area contributed by atoms with E-state index in [9.17, 15) is 4.39 Å². The summed E-state index contributed by atoms with van der Waals surface area (Å²) in [4.78, 5) is 0. The van der Waals surface area contributed by atoms with E-state index in [-0.39, 0.29) is 11.9 Å². The van der Waals surface area contributed by atoms with E-state index in [1.807, 2.05) is 19.1 Å². The molecule has 0 aromatic heterocycles. The molecular formula is C15H23FN2. The summed E-state index contributed by atoms with van der Waals surface area (Å²) < 4.78 is 13.9. The molecule has 1 saturated carbocycles. The molecule has 2 nitrogen and oxygen atoms in total. The summed E-state index contributed by atoms with van der Waals surface area (Å²) in [5.41, 5.74) is 4.44. The van der Waals surface area contributed by atoms with Gasteiger partial charge in [-0.05, 0) is 30.9 Å². The van der Waals surface area contributed by atoms with Crippen LogP contribution in [0.4, 0.5) is 4.39 Å². The molecule has 1 aliphatic rings. The van der Waals surface area contributed by atoms with E-state index in [1.54, 1.807) is 6.07 Å². The monoisotopic (exact) mass is 250 g/mol. The molecule has 1 aromatic carbocycles. The van der Waals surface area contributed by atoms with Crippen molar-refractivity contribution < 1.29 is 4.39 Å². The third kappa shape index (κ3) is 3.30. The van der Waals surface area contributed by atoms with Crippen LogP contribution in [0.3, 0.4) is 0 Å². The van der Waals surface area contributed by atoms with Gasteiger partial charge >= 0.3 is 0 Å². The Kier molecular flexibility index (Phi) is 4.72. The number of nitrogens with one attached hydrogen (secondary N) is 1. The Morgan fingerprint density at radius 3 is 2.67 bits per heavy atom. The highest BCUT2D eigenvalue weighted by Crippen LogP contribution is 2.32. The zero-order chi connectivity index (χ0) is 13.0. The molecule has 0 amide bonds. The molecule has 3 N–H and O–H groups in total. The van der Waals surface area contributed by atoms with Gasteiger partial charge in [-0.25, -0.2) is 4.39 Å². The first-order valence-corrected chi connectivity index (χ1v) is 6.93. The van der Waals surface area contributed by atoms with E-state index >= 15 is 0 Å². The van der Waals surface area contributed by atoms with Crippen LogP contribution in [0.25, 0.3) is 0 Å². The minimum Gasteiger partial charge on any atom is -0.271 e. The number of hydrazine groups is 1. The zero-order valence-electron chi connectivity index (χ0n) is 11.1. The van der Waals surface area contributed by atoms with Crippen molar-refractivity contribution in [2.75, 3.05) is 0 Å². The lowest BCUT2D eigenvalue weighted by atomic mass is 9.83. The third-order valence-corrected chi connectivity index (χ3v) is 4.03. The van der Waals surface area contributed by atoms with Gasteiger partial charge in [0, 0.05) is 11.6 Å². The number of hydrogen-bond donors (Lipinski definition) is 2. The molecule has 1 aliphatic carbocycles. The van der Waals surface area contributed by atoms with Crippen molar-refractivity contribution in [3.05, 3.63) is 35.1 Å². The maximum Gasteiger partial charge on any atom is 0.128 e. The summed E-state index contributed by atoms with van der Waals surface area (Å²) in [6.45, 7) is 1.90. The molecule has 0 radical (unpaired) electrons. The van der Waals surface area contributed by atoms with E-state index in [1.165, 1.54) is 32.1 Å². The molecule has 1 fully saturated rings. The molecule has 3 heteroatoms. The SMILES string of the molecule is Cc1ccc(C(CC2CCCCC2)NN)c(F)c1. The van der Waals surface area contributed by atoms with E-state index in [2.05, 4.69) is 5.43 Å². The van der Waals surface area contributed by atoms with Gasteiger partial charge in [0.25, 0.3) is 0 Å². The van der Waals surface area contributed by atoms with Gasteiger partial charge in [-0.3, -0.25) is 11.3 Å². The topological polar surface area (TPSA) is 38.0 Å². The molecule has 0 aliphatic heterocycles. The van der Waals surface area contributed by atoms with Crippen molar-refractivity contribution in [3.8, 4) is 0 Å². The molecule has 1 aromatic rings. The molecule has 0 bridgehead atoms. The van der Waals surface area contributed by atoms with Crippen LogP contribution in [0.5, 0.6) is 0 Å². The van der Waals surface area contributed by atoms with Crippen molar-refractivity contribution in [1.29, 1.82) is 0 Å². The highest BCUT2D eigenvalue weighted by atomic mass is 19.1. The van der Waals surface area contributed by atoms with Crippen LogP contribution in [0, 0.1) is 18.7 Å². The van der Waals surface area contributed by atoms with Gasteiger partial charge in [-0.1, -0.05) is 44.2 Å². The lowest BCUT2D eigenvalue weighted by Gasteiger charge is -2.26. The average Bonchev–Trinajstić information content (AvgIpc) is 2.38. The quantitative estimate of drug-likeness (QED) is 0.633. The minimum atomic E-state index is -0.145. The van der Waals surface area contributed by atoms with Crippen LogP contribution < -0.4 is 11.3 Å². The Morgan fingerprint density at radius 2 is 2.06 bits per heavy atom. The number of hydrogen-bond acceptors (Lipinski definition) is 2.